The van der Waals surface area contributed by atoms with Gasteiger partial charge in [-0.15, -0.1) is 0 Å². The van der Waals surface area contributed by atoms with E-state index >= 15 is 0 Å². The van der Waals surface area contributed by atoms with Gasteiger partial charge in [-0.25, -0.2) is 8.42 Å². The van der Waals surface area contributed by atoms with E-state index < -0.39 is 10.0 Å². The molecule has 0 unspecified atom stereocenters. The quantitative estimate of drug-likeness (QED) is 0.609. The summed E-state index contributed by atoms with van der Waals surface area (Å²) in [4.78, 5) is 12.6. The maximum atomic E-state index is 13.0. The van der Waals surface area contributed by atoms with Crippen LogP contribution in [-0.4, -0.2) is 52.0 Å². The molecule has 1 aliphatic rings. The molecule has 0 bridgehead atoms. The Morgan fingerprint density at radius 2 is 1.72 bits per heavy atom. The lowest BCUT2D eigenvalue weighted by molar-refractivity contribution is 0.0946. The summed E-state index contributed by atoms with van der Waals surface area (Å²) in [5, 5.41) is 2.78. The lowest BCUT2D eigenvalue weighted by Gasteiger charge is -2.19. The number of rotatable bonds is 8. The lowest BCUT2D eigenvalue weighted by atomic mass is 9.87. The smallest absolute Gasteiger partial charge is 0.251 e. The van der Waals surface area contributed by atoms with Crippen molar-refractivity contribution >= 4 is 15.9 Å². The van der Waals surface area contributed by atoms with Gasteiger partial charge in [-0.3, -0.25) is 4.79 Å². The fourth-order valence-electron chi connectivity index (χ4n) is 3.57. The molecule has 7 nitrogen and oxygen atoms in total. The van der Waals surface area contributed by atoms with Gasteiger partial charge in [-0.1, -0.05) is 32.9 Å². The third-order valence-electron chi connectivity index (χ3n) is 5.49. The largest absolute Gasteiger partial charge is 0.495 e. The Labute approximate surface area is 190 Å². The van der Waals surface area contributed by atoms with Crippen molar-refractivity contribution in [3.05, 3.63) is 53.6 Å². The molecule has 2 aromatic rings. The molecule has 32 heavy (non-hydrogen) atoms. The van der Waals surface area contributed by atoms with Crippen molar-refractivity contribution in [2.45, 2.75) is 43.9 Å². The fraction of sp³-hybridized carbons (Fsp3) is 0.458. The molecule has 0 atom stereocenters. The SMILES string of the molecule is COc1ccc(C(=O)NCCOc2ccc(C(C)(C)C)cc2)cc1S(=O)(=O)N1CCCC1. The maximum absolute atomic E-state index is 13.0. The Morgan fingerprint density at radius 3 is 2.31 bits per heavy atom. The molecule has 1 aliphatic heterocycles. The van der Waals surface area contributed by atoms with Gasteiger partial charge in [0.15, 0.2) is 0 Å². The summed E-state index contributed by atoms with van der Waals surface area (Å²) in [7, 11) is -2.29. The van der Waals surface area contributed by atoms with Crippen molar-refractivity contribution in [1.29, 1.82) is 0 Å². The van der Waals surface area contributed by atoms with Crippen molar-refractivity contribution in [2.24, 2.45) is 0 Å². The van der Waals surface area contributed by atoms with Crippen LogP contribution in [0, 0.1) is 0 Å². The predicted octanol–water partition coefficient (Wildman–Crippen LogP) is 3.59. The van der Waals surface area contributed by atoms with Gasteiger partial charge in [-0.2, -0.15) is 4.31 Å². The topological polar surface area (TPSA) is 84.9 Å². The van der Waals surface area contributed by atoms with E-state index in [0.717, 1.165) is 18.6 Å². The first-order valence-electron chi connectivity index (χ1n) is 10.8. The number of hydrogen-bond acceptors (Lipinski definition) is 5. The van der Waals surface area contributed by atoms with Gasteiger partial charge in [0.2, 0.25) is 10.0 Å². The molecule has 0 aromatic heterocycles. The van der Waals surface area contributed by atoms with Crippen LogP contribution < -0.4 is 14.8 Å². The average Bonchev–Trinajstić information content (AvgIpc) is 3.32. The first-order chi connectivity index (χ1) is 15.1. The van der Waals surface area contributed by atoms with Crippen LogP contribution in [0.5, 0.6) is 11.5 Å². The lowest BCUT2D eigenvalue weighted by Crippen LogP contribution is -2.30. The summed E-state index contributed by atoms with van der Waals surface area (Å²) in [6.07, 6.45) is 1.67. The number of carbonyl (C=O) groups excluding carboxylic acids is 1. The van der Waals surface area contributed by atoms with Crippen LogP contribution in [0.4, 0.5) is 0 Å². The van der Waals surface area contributed by atoms with E-state index in [-0.39, 0.29) is 27.5 Å². The second kappa shape index (κ2) is 9.92. The summed E-state index contributed by atoms with van der Waals surface area (Å²) in [5.41, 5.74) is 1.56. The van der Waals surface area contributed by atoms with Crippen molar-refractivity contribution in [3.8, 4) is 11.5 Å². The molecular formula is C24H32N2O5S. The molecule has 0 aliphatic carbocycles. The zero-order valence-corrected chi connectivity index (χ0v) is 20.0. The monoisotopic (exact) mass is 460 g/mol. The molecule has 3 rings (SSSR count). The number of nitrogens with one attached hydrogen (secondary N) is 1. The number of sulfonamides is 1. The predicted molar refractivity (Wildman–Crippen MR) is 124 cm³/mol. The second-order valence-corrected chi connectivity index (χ2v) is 10.8. The summed E-state index contributed by atoms with van der Waals surface area (Å²) in [6.45, 7) is 8.01. The van der Waals surface area contributed by atoms with Gasteiger partial charge in [-0.05, 0) is 54.2 Å². The number of nitrogens with zero attached hydrogens (tertiary/aromatic N) is 1. The second-order valence-electron chi connectivity index (χ2n) is 8.86. The summed E-state index contributed by atoms with van der Waals surface area (Å²) >= 11 is 0. The highest BCUT2D eigenvalue weighted by atomic mass is 32.2. The Morgan fingerprint density at radius 1 is 1.06 bits per heavy atom. The van der Waals surface area contributed by atoms with E-state index in [0.29, 0.717) is 26.2 Å². The first-order valence-corrected chi connectivity index (χ1v) is 12.3. The highest BCUT2D eigenvalue weighted by Gasteiger charge is 2.30. The molecule has 0 saturated carbocycles. The molecular weight excluding hydrogens is 428 g/mol. The zero-order valence-electron chi connectivity index (χ0n) is 19.2. The van der Waals surface area contributed by atoms with Crippen molar-refractivity contribution in [2.75, 3.05) is 33.4 Å². The number of benzene rings is 2. The Kier molecular flexibility index (Phi) is 7.46. The van der Waals surface area contributed by atoms with Crippen LogP contribution in [0.1, 0.15) is 49.5 Å². The molecule has 1 N–H and O–H groups in total. The van der Waals surface area contributed by atoms with E-state index in [4.69, 9.17) is 9.47 Å². The van der Waals surface area contributed by atoms with E-state index in [1.54, 1.807) is 6.07 Å². The first kappa shape index (κ1) is 24.1. The molecule has 1 amide bonds. The van der Waals surface area contributed by atoms with Crippen molar-refractivity contribution < 1.29 is 22.7 Å². The summed E-state index contributed by atoms with van der Waals surface area (Å²) in [6, 6.07) is 12.4. The van der Waals surface area contributed by atoms with Crippen molar-refractivity contribution in [3.63, 3.8) is 0 Å². The van der Waals surface area contributed by atoms with Crippen LogP contribution in [0.2, 0.25) is 0 Å². The minimum absolute atomic E-state index is 0.0183. The summed E-state index contributed by atoms with van der Waals surface area (Å²) in [5.74, 6) is 0.600. The van der Waals surface area contributed by atoms with Crippen LogP contribution >= 0.6 is 0 Å². The van der Waals surface area contributed by atoms with E-state index in [9.17, 15) is 13.2 Å². The minimum Gasteiger partial charge on any atom is -0.495 e. The van der Waals surface area contributed by atoms with Gasteiger partial charge in [0.1, 0.15) is 23.0 Å². The Bertz CT molecular complexity index is 1040. The van der Waals surface area contributed by atoms with Crippen molar-refractivity contribution in [1.82, 2.24) is 9.62 Å². The number of carbonyl (C=O) groups is 1. The standard InChI is InChI=1S/C24H32N2O5S/c1-24(2,3)19-8-10-20(11-9-19)31-16-13-25-23(27)18-7-12-21(30-4)22(17-18)32(28,29)26-14-5-6-15-26/h7-12,17H,5-6,13-16H2,1-4H3,(H,25,27). The van der Waals surface area contributed by atoms with Gasteiger partial charge >= 0.3 is 0 Å². The Hall–Kier alpha value is -2.58. The third-order valence-corrected chi connectivity index (χ3v) is 7.41. The zero-order chi connectivity index (χ0) is 23.4. The van der Waals surface area contributed by atoms with E-state index in [1.165, 1.54) is 29.1 Å². The Balaban J connectivity index is 1.60. The van der Waals surface area contributed by atoms with E-state index in [2.05, 4.69) is 26.1 Å². The normalized spacial score (nSPS) is 14.9. The van der Waals surface area contributed by atoms with E-state index in [1.807, 2.05) is 24.3 Å². The van der Waals surface area contributed by atoms with Crippen LogP contribution in [0.15, 0.2) is 47.4 Å². The molecule has 8 heteroatoms. The number of hydrogen-bond donors (Lipinski definition) is 1. The highest BCUT2D eigenvalue weighted by Crippen LogP contribution is 2.30. The number of ether oxygens (including phenoxy) is 2. The van der Waals surface area contributed by atoms with Crippen LogP contribution in [-0.2, 0) is 15.4 Å². The fourth-order valence-corrected chi connectivity index (χ4v) is 5.27. The van der Waals surface area contributed by atoms with Crippen LogP contribution in [0.25, 0.3) is 0 Å². The van der Waals surface area contributed by atoms with Gasteiger partial charge in [0.25, 0.3) is 5.91 Å². The molecule has 1 fully saturated rings. The average molecular weight is 461 g/mol. The summed E-state index contributed by atoms with van der Waals surface area (Å²) < 4.78 is 38.4. The van der Waals surface area contributed by atoms with Gasteiger partial charge in [0, 0.05) is 18.7 Å². The number of methoxy groups -OCH3 is 1. The maximum Gasteiger partial charge on any atom is 0.251 e. The molecule has 1 saturated heterocycles. The van der Waals surface area contributed by atoms with Gasteiger partial charge in [0.05, 0.1) is 13.7 Å². The van der Waals surface area contributed by atoms with Gasteiger partial charge < -0.3 is 14.8 Å². The number of amides is 1. The van der Waals surface area contributed by atoms with Crippen LogP contribution in [0.3, 0.4) is 0 Å². The molecule has 174 valence electrons. The molecule has 1 heterocycles. The molecule has 0 spiro atoms. The third kappa shape index (κ3) is 5.61. The highest BCUT2D eigenvalue weighted by molar-refractivity contribution is 7.89. The molecule has 2 aromatic carbocycles. The minimum atomic E-state index is -3.71. The molecule has 0 radical (unpaired) electrons.